The zero-order valence-corrected chi connectivity index (χ0v) is 26.5. The van der Waals surface area contributed by atoms with Crippen LogP contribution >= 0.6 is 11.6 Å². The van der Waals surface area contributed by atoms with Gasteiger partial charge in [0, 0.05) is 17.6 Å². The van der Waals surface area contributed by atoms with E-state index in [1.165, 1.54) is 29.2 Å². The van der Waals surface area contributed by atoms with Gasteiger partial charge in [0.1, 0.15) is 18.3 Å². The van der Waals surface area contributed by atoms with Gasteiger partial charge in [-0.2, -0.15) is 0 Å². The molecule has 1 fully saturated rings. The molecule has 4 rings (SSSR count). The van der Waals surface area contributed by atoms with Gasteiger partial charge in [-0.05, 0) is 85.8 Å². The molecular weight excluding hydrogens is 586 g/mol. The molecule has 8 nitrogen and oxygen atoms in total. The Balaban J connectivity index is 1.71. The van der Waals surface area contributed by atoms with E-state index in [4.69, 9.17) is 16.3 Å². The van der Waals surface area contributed by atoms with Crippen LogP contribution in [0.3, 0.4) is 0 Å². The highest BCUT2D eigenvalue weighted by molar-refractivity contribution is 7.92. The lowest BCUT2D eigenvalue weighted by Crippen LogP contribution is -2.54. The van der Waals surface area contributed by atoms with E-state index in [0.29, 0.717) is 22.9 Å². The van der Waals surface area contributed by atoms with Crippen molar-refractivity contribution < 1.29 is 22.7 Å². The molecule has 3 aromatic carbocycles. The van der Waals surface area contributed by atoms with Crippen molar-refractivity contribution in [2.45, 2.75) is 75.9 Å². The number of amides is 2. The van der Waals surface area contributed by atoms with Crippen molar-refractivity contribution in [2.75, 3.05) is 18.0 Å². The van der Waals surface area contributed by atoms with E-state index >= 15 is 0 Å². The summed E-state index contributed by atoms with van der Waals surface area (Å²) in [5.41, 5.74) is 1.96. The second-order valence-electron chi connectivity index (χ2n) is 10.9. The summed E-state index contributed by atoms with van der Waals surface area (Å²) >= 11 is 6.04. The van der Waals surface area contributed by atoms with Gasteiger partial charge < -0.3 is 15.0 Å². The van der Waals surface area contributed by atoms with Crippen molar-refractivity contribution in [1.82, 2.24) is 10.2 Å². The van der Waals surface area contributed by atoms with E-state index in [0.717, 1.165) is 47.5 Å². The maximum atomic E-state index is 14.3. The molecule has 1 atom stereocenters. The first kappa shape index (κ1) is 32.4. The Morgan fingerprint density at radius 2 is 1.70 bits per heavy atom. The van der Waals surface area contributed by atoms with Crippen LogP contribution in [0.1, 0.15) is 56.6 Å². The molecular formula is C33H40ClN3O5S. The summed E-state index contributed by atoms with van der Waals surface area (Å²) in [6.07, 6.45) is 5.45. The number of ether oxygens (including phenoxy) is 1. The van der Waals surface area contributed by atoms with E-state index in [1.54, 1.807) is 31.4 Å². The lowest BCUT2D eigenvalue weighted by molar-refractivity contribution is -0.140. The largest absolute Gasteiger partial charge is 0.497 e. The van der Waals surface area contributed by atoms with Crippen molar-refractivity contribution >= 4 is 39.1 Å². The van der Waals surface area contributed by atoms with Crippen LogP contribution in [-0.2, 0) is 26.2 Å². The topological polar surface area (TPSA) is 96.0 Å². The number of carbonyl (C=O) groups excluding carboxylic acids is 2. The van der Waals surface area contributed by atoms with E-state index in [1.807, 2.05) is 38.1 Å². The van der Waals surface area contributed by atoms with Gasteiger partial charge in [0.2, 0.25) is 11.8 Å². The third-order valence-electron chi connectivity index (χ3n) is 7.79. The molecule has 1 N–H and O–H groups in total. The number of benzene rings is 3. The number of halogens is 1. The fourth-order valence-electron chi connectivity index (χ4n) is 5.48. The number of sulfonamides is 1. The number of anilines is 1. The van der Waals surface area contributed by atoms with Gasteiger partial charge in [-0.15, -0.1) is 0 Å². The lowest BCUT2D eigenvalue weighted by atomic mass is 9.95. The molecule has 0 aromatic heterocycles. The van der Waals surface area contributed by atoms with Crippen LogP contribution < -0.4 is 14.4 Å². The van der Waals surface area contributed by atoms with Gasteiger partial charge in [-0.25, -0.2) is 8.42 Å². The molecule has 0 heterocycles. The Morgan fingerprint density at radius 1 is 1.00 bits per heavy atom. The first-order valence-electron chi connectivity index (χ1n) is 14.7. The quantitative estimate of drug-likeness (QED) is 0.262. The Labute approximate surface area is 260 Å². The highest BCUT2D eigenvalue weighted by Gasteiger charge is 2.34. The summed E-state index contributed by atoms with van der Waals surface area (Å²) in [4.78, 5) is 29.5. The maximum absolute atomic E-state index is 14.3. The summed E-state index contributed by atoms with van der Waals surface area (Å²) in [6, 6.07) is 19.4. The molecule has 1 aliphatic carbocycles. The van der Waals surface area contributed by atoms with Gasteiger partial charge in [0.25, 0.3) is 10.0 Å². The molecule has 1 aliphatic rings. The molecule has 230 valence electrons. The third-order valence-corrected chi connectivity index (χ3v) is 9.83. The van der Waals surface area contributed by atoms with Gasteiger partial charge in [0.15, 0.2) is 0 Å². The number of hydrogen-bond donors (Lipinski definition) is 1. The van der Waals surface area contributed by atoms with Crippen molar-refractivity contribution in [3.63, 3.8) is 0 Å². The van der Waals surface area contributed by atoms with Gasteiger partial charge in [-0.3, -0.25) is 13.9 Å². The van der Waals surface area contributed by atoms with E-state index < -0.39 is 28.5 Å². The predicted molar refractivity (Wildman–Crippen MR) is 170 cm³/mol. The smallest absolute Gasteiger partial charge is 0.264 e. The maximum Gasteiger partial charge on any atom is 0.264 e. The standard InChI is InChI=1S/C33H40ClN3O5S/c1-4-31(33(39)35-27-12-6-5-7-13-27)36(22-25-11-9-15-29(21-25)42-3)32(38)23-37(28-14-8-10-24(2)20-28)43(40,41)30-18-16-26(34)17-19-30/h8-11,14-21,27,31H,4-7,12-13,22-23H2,1-3H3,(H,35,39). The number of nitrogens with zero attached hydrogens (tertiary/aromatic N) is 2. The average molecular weight is 626 g/mol. The molecule has 43 heavy (non-hydrogen) atoms. The molecule has 10 heteroatoms. The average Bonchev–Trinajstić information content (AvgIpc) is 3.00. The molecule has 2 amide bonds. The second kappa shape index (κ2) is 14.8. The first-order chi connectivity index (χ1) is 20.6. The van der Waals surface area contributed by atoms with E-state index in [2.05, 4.69) is 5.32 Å². The fraction of sp³-hybridized carbons (Fsp3) is 0.394. The summed E-state index contributed by atoms with van der Waals surface area (Å²) < 4.78 is 34.5. The number of carbonyl (C=O) groups is 2. The zero-order valence-electron chi connectivity index (χ0n) is 25.0. The molecule has 1 saturated carbocycles. The van der Waals surface area contributed by atoms with Gasteiger partial charge >= 0.3 is 0 Å². The van der Waals surface area contributed by atoms with Crippen LogP contribution in [0.2, 0.25) is 5.02 Å². The van der Waals surface area contributed by atoms with Crippen LogP contribution in [0.25, 0.3) is 0 Å². The number of rotatable bonds is 12. The summed E-state index contributed by atoms with van der Waals surface area (Å²) in [5, 5.41) is 3.56. The van der Waals surface area contributed by atoms with Crippen LogP contribution in [0.15, 0.2) is 77.7 Å². The monoisotopic (exact) mass is 625 g/mol. The number of methoxy groups -OCH3 is 1. The highest BCUT2D eigenvalue weighted by Crippen LogP contribution is 2.27. The number of aryl methyl sites for hydroxylation is 1. The molecule has 0 bridgehead atoms. The van der Waals surface area contributed by atoms with E-state index in [9.17, 15) is 18.0 Å². The minimum absolute atomic E-state index is 0.00707. The molecule has 0 saturated heterocycles. The molecule has 0 aliphatic heterocycles. The molecule has 3 aromatic rings. The zero-order chi connectivity index (χ0) is 31.0. The van der Waals surface area contributed by atoms with Crippen molar-refractivity contribution in [3.05, 3.63) is 88.9 Å². The molecule has 1 unspecified atom stereocenters. The first-order valence-corrected chi connectivity index (χ1v) is 16.5. The van der Waals surface area contributed by atoms with Crippen molar-refractivity contribution in [3.8, 4) is 5.75 Å². The van der Waals surface area contributed by atoms with Gasteiger partial charge in [0.05, 0.1) is 17.7 Å². The van der Waals surface area contributed by atoms with Crippen molar-refractivity contribution in [1.29, 1.82) is 0 Å². The summed E-state index contributed by atoms with van der Waals surface area (Å²) in [5.74, 6) is -0.0999. The Bertz CT molecular complexity index is 1510. The minimum atomic E-state index is -4.17. The Hall–Kier alpha value is -3.56. The van der Waals surface area contributed by atoms with Crippen LogP contribution in [0.4, 0.5) is 5.69 Å². The second-order valence-corrected chi connectivity index (χ2v) is 13.2. The van der Waals surface area contributed by atoms with Crippen LogP contribution in [0, 0.1) is 6.92 Å². The normalized spacial score (nSPS) is 14.5. The Kier molecular flexibility index (Phi) is 11.1. The number of nitrogens with one attached hydrogen (secondary N) is 1. The third kappa shape index (κ3) is 8.30. The predicted octanol–water partition coefficient (Wildman–Crippen LogP) is 6.11. The minimum Gasteiger partial charge on any atom is -0.497 e. The number of hydrogen-bond acceptors (Lipinski definition) is 5. The van der Waals surface area contributed by atoms with Crippen LogP contribution in [-0.4, -0.2) is 50.9 Å². The summed E-state index contributed by atoms with van der Waals surface area (Å²) in [7, 11) is -2.60. The fourth-order valence-corrected chi connectivity index (χ4v) is 7.01. The SMILES string of the molecule is CCC(C(=O)NC1CCCCC1)N(Cc1cccc(OC)c1)C(=O)CN(c1cccc(C)c1)S(=O)(=O)c1ccc(Cl)cc1. The van der Waals surface area contributed by atoms with Crippen LogP contribution in [0.5, 0.6) is 5.75 Å². The van der Waals surface area contributed by atoms with Crippen molar-refractivity contribution in [2.24, 2.45) is 0 Å². The lowest BCUT2D eigenvalue weighted by Gasteiger charge is -2.34. The molecule has 0 spiro atoms. The molecule has 0 radical (unpaired) electrons. The Morgan fingerprint density at radius 3 is 2.35 bits per heavy atom. The van der Waals surface area contributed by atoms with Gasteiger partial charge in [-0.1, -0.05) is 62.1 Å². The highest BCUT2D eigenvalue weighted by atomic mass is 35.5. The van der Waals surface area contributed by atoms with E-state index in [-0.39, 0.29) is 23.4 Å². The summed E-state index contributed by atoms with van der Waals surface area (Å²) in [6.45, 7) is 3.33.